The summed E-state index contributed by atoms with van der Waals surface area (Å²) in [7, 11) is 2.86. The van der Waals surface area contributed by atoms with Crippen LogP contribution in [0.3, 0.4) is 0 Å². The molecular formula is C25H21FN2O5. The van der Waals surface area contributed by atoms with E-state index in [0.29, 0.717) is 11.3 Å². The van der Waals surface area contributed by atoms with E-state index in [1.807, 2.05) is 0 Å². The first-order valence-corrected chi connectivity index (χ1v) is 10.1. The van der Waals surface area contributed by atoms with Gasteiger partial charge in [-0.1, -0.05) is 12.1 Å². The van der Waals surface area contributed by atoms with Gasteiger partial charge in [-0.3, -0.25) is 14.6 Å². The normalized spacial score (nSPS) is 17.3. The molecule has 1 atom stereocenters. The molecule has 2 aromatic carbocycles. The van der Waals surface area contributed by atoms with E-state index in [0.717, 1.165) is 11.6 Å². The van der Waals surface area contributed by atoms with Gasteiger partial charge in [0.2, 0.25) is 0 Å². The number of amides is 1. The molecule has 3 aromatic rings. The smallest absolute Gasteiger partial charge is 0.295 e. The molecule has 0 unspecified atom stereocenters. The summed E-state index contributed by atoms with van der Waals surface area (Å²) in [6, 6.07) is 13.3. The van der Waals surface area contributed by atoms with E-state index in [9.17, 15) is 19.1 Å². The average molecular weight is 448 g/mol. The first kappa shape index (κ1) is 22.0. The molecule has 1 fully saturated rings. The van der Waals surface area contributed by atoms with Gasteiger partial charge in [-0.2, -0.15) is 0 Å². The molecule has 0 aliphatic carbocycles. The van der Waals surface area contributed by atoms with E-state index in [4.69, 9.17) is 9.47 Å². The molecule has 7 nitrogen and oxygen atoms in total. The maximum Gasteiger partial charge on any atom is 0.295 e. The van der Waals surface area contributed by atoms with Crippen molar-refractivity contribution < 1.29 is 28.6 Å². The third-order valence-electron chi connectivity index (χ3n) is 5.50. The quantitative estimate of drug-likeness (QED) is 0.350. The third-order valence-corrected chi connectivity index (χ3v) is 5.50. The second kappa shape index (κ2) is 9.12. The minimum absolute atomic E-state index is 0.00334. The van der Waals surface area contributed by atoms with Crippen LogP contribution in [-0.2, 0) is 16.1 Å². The average Bonchev–Trinajstić information content (AvgIpc) is 3.09. The van der Waals surface area contributed by atoms with E-state index < -0.39 is 29.3 Å². The monoisotopic (exact) mass is 448 g/mol. The number of carbonyl (C=O) groups is 2. The van der Waals surface area contributed by atoms with E-state index in [1.54, 1.807) is 48.8 Å². The van der Waals surface area contributed by atoms with E-state index >= 15 is 0 Å². The number of halogens is 1. The molecule has 33 heavy (non-hydrogen) atoms. The van der Waals surface area contributed by atoms with Crippen LogP contribution in [0.5, 0.6) is 11.5 Å². The van der Waals surface area contributed by atoms with Crippen molar-refractivity contribution in [2.24, 2.45) is 0 Å². The van der Waals surface area contributed by atoms with Crippen molar-refractivity contribution in [3.8, 4) is 11.5 Å². The molecule has 1 aromatic heterocycles. The Morgan fingerprint density at radius 1 is 1.03 bits per heavy atom. The van der Waals surface area contributed by atoms with Gasteiger partial charge in [-0.05, 0) is 53.6 Å². The Balaban J connectivity index is 1.85. The topological polar surface area (TPSA) is 89.0 Å². The molecule has 1 amide bonds. The second-order valence-electron chi connectivity index (χ2n) is 7.40. The highest BCUT2D eigenvalue weighted by molar-refractivity contribution is 6.46. The molecule has 168 valence electrons. The van der Waals surface area contributed by atoms with E-state index in [-0.39, 0.29) is 23.4 Å². The lowest BCUT2D eigenvalue weighted by Gasteiger charge is -2.25. The number of hydrogen-bond donors (Lipinski definition) is 1. The third kappa shape index (κ3) is 4.15. The molecule has 8 heteroatoms. The van der Waals surface area contributed by atoms with Crippen molar-refractivity contribution >= 4 is 17.4 Å². The Labute approximate surface area is 189 Å². The number of aliphatic hydroxyl groups is 1. The summed E-state index contributed by atoms with van der Waals surface area (Å²) in [4.78, 5) is 31.5. The molecule has 1 aliphatic rings. The maximum absolute atomic E-state index is 14.3. The van der Waals surface area contributed by atoms with Gasteiger partial charge in [0.15, 0.2) is 11.6 Å². The molecule has 2 heterocycles. The predicted octanol–water partition coefficient (Wildman–Crippen LogP) is 3.86. The van der Waals surface area contributed by atoms with Gasteiger partial charge in [0.05, 0.1) is 25.8 Å². The lowest BCUT2D eigenvalue weighted by molar-refractivity contribution is -0.140. The number of benzene rings is 2. The summed E-state index contributed by atoms with van der Waals surface area (Å²) in [6.45, 7) is 0.123. The van der Waals surface area contributed by atoms with Crippen LogP contribution in [-0.4, -0.2) is 40.9 Å². The molecule has 0 saturated carbocycles. The van der Waals surface area contributed by atoms with Crippen LogP contribution in [0.25, 0.3) is 5.76 Å². The molecular weight excluding hydrogens is 427 g/mol. The number of carbonyl (C=O) groups excluding carboxylic acids is 2. The highest BCUT2D eigenvalue weighted by Crippen LogP contribution is 2.41. The number of nitrogens with zero attached hydrogens (tertiary/aromatic N) is 2. The number of likely N-dealkylation sites (tertiary alicyclic amines) is 1. The molecule has 1 saturated heterocycles. The van der Waals surface area contributed by atoms with Gasteiger partial charge in [0.1, 0.15) is 11.5 Å². The van der Waals surface area contributed by atoms with Gasteiger partial charge >= 0.3 is 0 Å². The number of aromatic nitrogens is 1. The van der Waals surface area contributed by atoms with Crippen LogP contribution in [0.4, 0.5) is 4.39 Å². The van der Waals surface area contributed by atoms with Gasteiger partial charge in [-0.15, -0.1) is 0 Å². The van der Waals surface area contributed by atoms with Crippen LogP contribution in [0.1, 0.15) is 22.7 Å². The zero-order valence-electron chi connectivity index (χ0n) is 18.0. The van der Waals surface area contributed by atoms with Crippen LogP contribution in [0.15, 0.2) is 72.6 Å². The maximum atomic E-state index is 14.3. The predicted molar refractivity (Wildman–Crippen MR) is 118 cm³/mol. The summed E-state index contributed by atoms with van der Waals surface area (Å²) in [6.07, 6.45) is 3.18. The van der Waals surface area contributed by atoms with Crippen molar-refractivity contribution in [1.82, 2.24) is 9.88 Å². The van der Waals surface area contributed by atoms with Gasteiger partial charge in [-0.25, -0.2) is 4.39 Å². The Bertz CT molecular complexity index is 1230. The molecule has 0 spiro atoms. The number of rotatable bonds is 6. The van der Waals surface area contributed by atoms with E-state index in [1.165, 1.54) is 31.3 Å². The number of pyridine rings is 1. The van der Waals surface area contributed by atoms with E-state index in [2.05, 4.69) is 4.98 Å². The highest BCUT2D eigenvalue weighted by Gasteiger charge is 2.46. The second-order valence-corrected chi connectivity index (χ2v) is 7.40. The number of ketones is 1. The lowest BCUT2D eigenvalue weighted by atomic mass is 9.95. The summed E-state index contributed by atoms with van der Waals surface area (Å²) >= 11 is 0. The SMILES string of the molecule is COc1ccc([C@H]2C(=C(O)c3ccc(OC)c(F)c3)C(=O)C(=O)N2Cc2ccncc2)cc1. The van der Waals surface area contributed by atoms with Crippen LogP contribution < -0.4 is 9.47 Å². The van der Waals surface area contributed by atoms with Crippen molar-refractivity contribution in [2.45, 2.75) is 12.6 Å². The Morgan fingerprint density at radius 2 is 1.73 bits per heavy atom. The Kier molecular flexibility index (Phi) is 6.08. The summed E-state index contributed by atoms with van der Waals surface area (Å²) in [5.41, 5.74) is 1.30. The summed E-state index contributed by atoms with van der Waals surface area (Å²) in [5.74, 6) is -2.18. The molecule has 1 N–H and O–H groups in total. The number of methoxy groups -OCH3 is 2. The number of Topliss-reactive ketones (excluding diaryl/α,β-unsaturated/α-hetero) is 1. The fourth-order valence-corrected chi connectivity index (χ4v) is 3.83. The van der Waals surface area contributed by atoms with Crippen molar-refractivity contribution in [1.29, 1.82) is 0 Å². The van der Waals surface area contributed by atoms with Gasteiger partial charge < -0.3 is 19.5 Å². The fraction of sp³-hybridized carbons (Fsp3) is 0.160. The molecule has 4 rings (SSSR count). The minimum atomic E-state index is -0.880. The van der Waals surface area contributed by atoms with Crippen molar-refractivity contribution in [3.63, 3.8) is 0 Å². The molecule has 1 aliphatic heterocycles. The first-order valence-electron chi connectivity index (χ1n) is 10.1. The van der Waals surface area contributed by atoms with Gasteiger partial charge in [0, 0.05) is 24.5 Å². The highest BCUT2D eigenvalue weighted by atomic mass is 19.1. The Hall–Kier alpha value is -4.20. The largest absolute Gasteiger partial charge is 0.507 e. The number of ether oxygens (including phenoxy) is 2. The molecule has 0 radical (unpaired) electrons. The van der Waals surface area contributed by atoms with Crippen LogP contribution >= 0.6 is 0 Å². The first-order chi connectivity index (χ1) is 15.9. The van der Waals surface area contributed by atoms with Gasteiger partial charge in [0.25, 0.3) is 11.7 Å². The standard InChI is InChI=1S/C25H21FN2O5/c1-32-18-6-3-16(4-7-18)22-21(23(29)17-5-8-20(33-2)19(26)13-17)24(30)25(31)28(22)14-15-9-11-27-12-10-15/h3-13,22,29H,14H2,1-2H3/t22-/m0/s1. The van der Waals surface area contributed by atoms with Crippen molar-refractivity contribution in [3.05, 3.63) is 95.1 Å². The lowest BCUT2D eigenvalue weighted by Crippen LogP contribution is -2.29. The van der Waals surface area contributed by atoms with Crippen LogP contribution in [0, 0.1) is 5.82 Å². The molecule has 0 bridgehead atoms. The zero-order valence-corrected chi connectivity index (χ0v) is 18.0. The zero-order chi connectivity index (χ0) is 23.5. The van der Waals surface area contributed by atoms with Crippen molar-refractivity contribution in [2.75, 3.05) is 14.2 Å². The van der Waals surface area contributed by atoms with Crippen LogP contribution in [0.2, 0.25) is 0 Å². The number of aliphatic hydroxyl groups excluding tert-OH is 1. The summed E-state index contributed by atoms with van der Waals surface area (Å²) in [5, 5.41) is 11.1. The summed E-state index contributed by atoms with van der Waals surface area (Å²) < 4.78 is 24.4. The fourth-order valence-electron chi connectivity index (χ4n) is 3.83. The number of hydrogen-bond acceptors (Lipinski definition) is 6. The Morgan fingerprint density at radius 3 is 2.33 bits per heavy atom. The minimum Gasteiger partial charge on any atom is -0.507 e.